The number of unbranched alkanes of at least 4 members (excludes halogenated alkanes) is 7. The van der Waals surface area contributed by atoms with Gasteiger partial charge in [0, 0.05) is 13.0 Å². The van der Waals surface area contributed by atoms with Crippen LogP contribution < -0.4 is 0 Å². The Hall–Kier alpha value is -0.880. The smallest absolute Gasteiger partial charge is 0.187 e. The first-order chi connectivity index (χ1) is 16.3. The van der Waals surface area contributed by atoms with Gasteiger partial charge in [-0.15, -0.1) is 12.3 Å². The molecule has 11 nitrogen and oxygen atoms in total. The number of aliphatic hydroxyl groups excluding tert-OH is 7. The minimum absolute atomic E-state index is 0.264. The molecule has 0 saturated carbocycles. The standard InChI is InChI=1S/C23H40O11/c1-2-3-4-5-6-7-8-9-10-11-31-21-16(26)14(12-24)33-23(19(21)29)34-20-15(13-25)32-22(30)18(28)17(20)27/h1,14-30H,3-13H2/t14-,15-,16-,17-,18-,19-,20-,21+,22+,23-/m1/s1. The van der Waals surface area contributed by atoms with Crippen LogP contribution in [0.4, 0.5) is 0 Å². The predicted octanol–water partition coefficient (Wildman–Crippen LogP) is -1.62. The first-order valence-electron chi connectivity index (χ1n) is 12.0. The van der Waals surface area contributed by atoms with Gasteiger partial charge in [-0.25, -0.2) is 0 Å². The molecule has 2 aliphatic heterocycles. The molecule has 0 bridgehead atoms. The fraction of sp³-hybridized carbons (Fsp3) is 0.913. The maximum Gasteiger partial charge on any atom is 0.187 e. The van der Waals surface area contributed by atoms with Crippen LogP contribution in [0, 0.1) is 12.3 Å². The molecule has 2 aliphatic rings. The van der Waals surface area contributed by atoms with Gasteiger partial charge >= 0.3 is 0 Å². The molecular formula is C23H40O11. The number of hydrogen-bond acceptors (Lipinski definition) is 11. The van der Waals surface area contributed by atoms with Gasteiger partial charge in [0.25, 0.3) is 0 Å². The van der Waals surface area contributed by atoms with Crippen molar-refractivity contribution in [1.29, 1.82) is 0 Å². The number of ether oxygens (including phenoxy) is 4. The van der Waals surface area contributed by atoms with Gasteiger partial charge in [-0.3, -0.25) is 0 Å². The van der Waals surface area contributed by atoms with E-state index in [4.69, 9.17) is 25.4 Å². The Kier molecular flexibility index (Phi) is 13.2. The van der Waals surface area contributed by atoms with Gasteiger partial charge < -0.3 is 54.7 Å². The molecule has 0 unspecified atom stereocenters. The average molecular weight is 493 g/mol. The predicted molar refractivity (Wildman–Crippen MR) is 118 cm³/mol. The van der Waals surface area contributed by atoms with Crippen molar-refractivity contribution in [2.75, 3.05) is 19.8 Å². The maximum atomic E-state index is 10.7. The summed E-state index contributed by atoms with van der Waals surface area (Å²) in [5.74, 6) is 2.63. The third-order valence-corrected chi connectivity index (χ3v) is 6.23. The van der Waals surface area contributed by atoms with Crippen LogP contribution in [-0.2, 0) is 18.9 Å². The van der Waals surface area contributed by atoms with Crippen LogP contribution in [0.2, 0.25) is 0 Å². The molecule has 2 saturated heterocycles. The third kappa shape index (κ3) is 8.08. The van der Waals surface area contributed by atoms with E-state index in [1.54, 1.807) is 0 Å². The summed E-state index contributed by atoms with van der Waals surface area (Å²) in [4.78, 5) is 0. The molecule has 10 atom stereocenters. The van der Waals surface area contributed by atoms with E-state index in [2.05, 4.69) is 5.92 Å². The van der Waals surface area contributed by atoms with E-state index < -0.39 is 74.6 Å². The van der Waals surface area contributed by atoms with Gasteiger partial charge in [0.1, 0.15) is 48.8 Å². The van der Waals surface area contributed by atoms with E-state index in [1.807, 2.05) is 0 Å². The van der Waals surface area contributed by atoms with Crippen molar-refractivity contribution in [3.8, 4) is 12.3 Å². The average Bonchev–Trinajstić information content (AvgIpc) is 2.83. The summed E-state index contributed by atoms with van der Waals surface area (Å²) in [6.45, 7) is -0.966. The molecule has 0 amide bonds. The number of terminal acetylenes is 1. The monoisotopic (exact) mass is 492 g/mol. The fourth-order valence-corrected chi connectivity index (χ4v) is 4.18. The number of hydrogen-bond donors (Lipinski definition) is 7. The van der Waals surface area contributed by atoms with Gasteiger partial charge in [0.15, 0.2) is 12.6 Å². The number of rotatable bonds is 14. The van der Waals surface area contributed by atoms with Crippen LogP contribution in [-0.4, -0.2) is 117 Å². The second kappa shape index (κ2) is 15.3. The quantitative estimate of drug-likeness (QED) is 0.109. The van der Waals surface area contributed by atoms with Gasteiger partial charge in [-0.1, -0.05) is 32.1 Å². The molecule has 2 heterocycles. The molecule has 198 valence electrons. The van der Waals surface area contributed by atoms with Crippen molar-refractivity contribution in [3.05, 3.63) is 0 Å². The zero-order valence-corrected chi connectivity index (χ0v) is 19.4. The molecule has 0 radical (unpaired) electrons. The van der Waals surface area contributed by atoms with Crippen LogP contribution in [0.15, 0.2) is 0 Å². The Balaban J connectivity index is 1.86. The first-order valence-corrected chi connectivity index (χ1v) is 12.0. The lowest BCUT2D eigenvalue weighted by molar-refractivity contribution is -0.357. The SMILES string of the molecule is C#CCCCCCCCCCO[C@@H]1[C@@H](O)[C@@H](O[C@H]2[C@H](O)[C@@H](O)[C@@H](O)O[C@@H]2CO)O[C@H](CO)[C@H]1O. The second-order valence-corrected chi connectivity index (χ2v) is 8.80. The Labute approximate surface area is 200 Å². The summed E-state index contributed by atoms with van der Waals surface area (Å²) in [7, 11) is 0. The van der Waals surface area contributed by atoms with E-state index in [-0.39, 0.29) is 6.61 Å². The highest BCUT2D eigenvalue weighted by Gasteiger charge is 2.50. The largest absolute Gasteiger partial charge is 0.394 e. The lowest BCUT2D eigenvalue weighted by Crippen LogP contribution is -2.64. The molecule has 11 heteroatoms. The fourth-order valence-electron chi connectivity index (χ4n) is 4.18. The zero-order valence-electron chi connectivity index (χ0n) is 19.4. The van der Waals surface area contributed by atoms with E-state index in [9.17, 15) is 35.7 Å². The van der Waals surface area contributed by atoms with Crippen molar-refractivity contribution in [2.24, 2.45) is 0 Å². The molecule has 0 aromatic carbocycles. The molecule has 0 aliphatic carbocycles. The summed E-state index contributed by atoms with van der Waals surface area (Å²) in [6, 6.07) is 0. The normalized spacial score (nSPS) is 38.5. The Morgan fingerprint density at radius 2 is 1.29 bits per heavy atom. The van der Waals surface area contributed by atoms with Crippen LogP contribution in [0.5, 0.6) is 0 Å². The lowest BCUT2D eigenvalue weighted by atomic mass is 9.97. The summed E-state index contributed by atoms with van der Waals surface area (Å²) in [5.41, 5.74) is 0. The molecule has 34 heavy (non-hydrogen) atoms. The summed E-state index contributed by atoms with van der Waals surface area (Å²) in [6.07, 6.45) is -1.17. The molecule has 2 rings (SSSR count). The van der Waals surface area contributed by atoms with Crippen LogP contribution in [0.3, 0.4) is 0 Å². The Bertz CT molecular complexity index is 598. The van der Waals surface area contributed by atoms with Gasteiger partial charge in [-0.2, -0.15) is 0 Å². The second-order valence-electron chi connectivity index (χ2n) is 8.80. The summed E-state index contributed by atoms with van der Waals surface area (Å²) < 4.78 is 21.8. The maximum absolute atomic E-state index is 10.7. The van der Waals surface area contributed by atoms with Crippen molar-refractivity contribution >= 4 is 0 Å². The molecular weight excluding hydrogens is 452 g/mol. The lowest BCUT2D eigenvalue weighted by Gasteiger charge is -2.46. The first kappa shape index (κ1) is 29.4. The highest BCUT2D eigenvalue weighted by atomic mass is 16.7. The van der Waals surface area contributed by atoms with Crippen molar-refractivity contribution < 1.29 is 54.7 Å². The van der Waals surface area contributed by atoms with Crippen LogP contribution >= 0.6 is 0 Å². The van der Waals surface area contributed by atoms with E-state index in [1.165, 1.54) is 0 Å². The molecule has 7 N–H and O–H groups in total. The van der Waals surface area contributed by atoms with Gasteiger partial charge in [0.05, 0.1) is 13.2 Å². The molecule has 0 aromatic heterocycles. The highest BCUT2D eigenvalue weighted by Crippen LogP contribution is 2.29. The Morgan fingerprint density at radius 1 is 0.676 bits per heavy atom. The number of aliphatic hydroxyl groups is 7. The van der Waals surface area contributed by atoms with Gasteiger partial charge in [-0.05, 0) is 12.8 Å². The molecule has 2 fully saturated rings. The zero-order chi connectivity index (χ0) is 25.1. The van der Waals surface area contributed by atoms with Crippen LogP contribution in [0.25, 0.3) is 0 Å². The van der Waals surface area contributed by atoms with Crippen molar-refractivity contribution in [1.82, 2.24) is 0 Å². The van der Waals surface area contributed by atoms with E-state index >= 15 is 0 Å². The minimum Gasteiger partial charge on any atom is -0.394 e. The van der Waals surface area contributed by atoms with Crippen LogP contribution in [0.1, 0.15) is 51.4 Å². The van der Waals surface area contributed by atoms with Crippen molar-refractivity contribution in [2.45, 2.75) is 113 Å². The van der Waals surface area contributed by atoms with Gasteiger partial charge in [0.2, 0.25) is 0 Å². The summed E-state index contributed by atoms with van der Waals surface area (Å²) in [5, 5.41) is 70.1. The topological polar surface area (TPSA) is 179 Å². The summed E-state index contributed by atoms with van der Waals surface area (Å²) >= 11 is 0. The molecule has 0 aromatic rings. The van der Waals surface area contributed by atoms with Crippen molar-refractivity contribution in [3.63, 3.8) is 0 Å². The van der Waals surface area contributed by atoms with E-state index in [0.717, 1.165) is 44.9 Å². The highest BCUT2D eigenvalue weighted by molar-refractivity contribution is 4.94. The van der Waals surface area contributed by atoms with E-state index in [0.29, 0.717) is 6.42 Å². The molecule has 0 spiro atoms. The Morgan fingerprint density at radius 3 is 1.91 bits per heavy atom. The third-order valence-electron chi connectivity index (χ3n) is 6.23. The minimum atomic E-state index is -1.73.